The van der Waals surface area contributed by atoms with Crippen molar-refractivity contribution in [2.24, 2.45) is 0 Å². The number of alkyl halides is 3. The molecule has 0 atom stereocenters. The van der Waals surface area contributed by atoms with Gasteiger partial charge in [0.1, 0.15) is 12.4 Å². The molecule has 0 saturated heterocycles. The van der Waals surface area contributed by atoms with Crippen molar-refractivity contribution in [3.05, 3.63) is 64.7 Å². The predicted molar refractivity (Wildman–Crippen MR) is 87.4 cm³/mol. The molecule has 2 aromatic carbocycles. The summed E-state index contributed by atoms with van der Waals surface area (Å²) in [6, 6.07) is 8.55. The monoisotopic (exact) mass is 380 g/mol. The van der Waals surface area contributed by atoms with Crippen LogP contribution in [0.25, 0.3) is 0 Å². The van der Waals surface area contributed by atoms with Crippen LogP contribution in [0, 0.1) is 0 Å². The van der Waals surface area contributed by atoms with Gasteiger partial charge in [0.05, 0.1) is 12.1 Å². The number of benzene rings is 2. The van der Waals surface area contributed by atoms with Gasteiger partial charge in [-0.25, -0.2) is 5.48 Å². The summed E-state index contributed by atoms with van der Waals surface area (Å²) in [5.41, 5.74) is 1.68. The van der Waals surface area contributed by atoms with Gasteiger partial charge in [0, 0.05) is 23.2 Å². The zero-order valence-electron chi connectivity index (χ0n) is 13.9. The summed E-state index contributed by atoms with van der Waals surface area (Å²) in [5.74, 6) is -0.709. The normalized spacial score (nSPS) is 14.0. The molecule has 0 aliphatic carbocycles. The Kier molecular flexibility index (Phi) is 5.04. The lowest BCUT2D eigenvalue weighted by Crippen LogP contribution is -2.32. The number of ether oxygens (including phenoxy) is 1. The first-order valence-corrected chi connectivity index (χ1v) is 7.96. The molecule has 0 fully saturated rings. The second-order valence-corrected chi connectivity index (χ2v) is 5.91. The van der Waals surface area contributed by atoms with E-state index in [0.717, 1.165) is 24.3 Å². The maximum atomic E-state index is 12.7. The highest BCUT2D eigenvalue weighted by Crippen LogP contribution is 2.30. The summed E-state index contributed by atoms with van der Waals surface area (Å²) in [6.45, 7) is 0.565. The van der Waals surface area contributed by atoms with E-state index < -0.39 is 23.6 Å². The smallest absolute Gasteiger partial charge is 0.416 e. The maximum Gasteiger partial charge on any atom is 0.416 e. The molecule has 27 heavy (non-hydrogen) atoms. The number of carbonyl (C=O) groups is 2. The first-order chi connectivity index (χ1) is 12.8. The van der Waals surface area contributed by atoms with E-state index in [1.807, 2.05) is 0 Å². The lowest BCUT2D eigenvalue weighted by molar-refractivity contribution is -0.137. The fraction of sp³-hybridized carbons (Fsp3) is 0.222. The molecule has 0 radical (unpaired) electrons. The predicted octanol–water partition coefficient (Wildman–Crippen LogP) is 2.86. The third kappa shape index (κ3) is 4.03. The number of halogens is 3. The van der Waals surface area contributed by atoms with Gasteiger partial charge in [0.15, 0.2) is 0 Å². The molecule has 6 nitrogen and oxygen atoms in total. The van der Waals surface area contributed by atoms with Crippen LogP contribution in [0.3, 0.4) is 0 Å². The molecule has 9 heteroatoms. The van der Waals surface area contributed by atoms with Crippen molar-refractivity contribution in [2.75, 3.05) is 13.2 Å². The minimum atomic E-state index is -4.46. The number of fused-ring (bicyclic) bond motifs is 1. The molecule has 2 amide bonds. The zero-order valence-corrected chi connectivity index (χ0v) is 13.9. The van der Waals surface area contributed by atoms with Crippen LogP contribution in [-0.4, -0.2) is 35.1 Å². The maximum absolute atomic E-state index is 12.7. The third-order valence-electron chi connectivity index (χ3n) is 4.16. The Labute approximate surface area is 152 Å². The summed E-state index contributed by atoms with van der Waals surface area (Å²) in [4.78, 5) is 25.6. The van der Waals surface area contributed by atoms with Gasteiger partial charge >= 0.3 is 6.18 Å². The number of carbonyl (C=O) groups excluding carboxylic acids is 2. The van der Waals surface area contributed by atoms with E-state index in [4.69, 9.17) is 9.94 Å². The van der Waals surface area contributed by atoms with Gasteiger partial charge in [-0.2, -0.15) is 13.2 Å². The molecule has 1 aliphatic rings. The van der Waals surface area contributed by atoms with Gasteiger partial charge in [-0.05, 0) is 36.4 Å². The van der Waals surface area contributed by atoms with Crippen LogP contribution in [0.4, 0.5) is 13.2 Å². The molecule has 2 aromatic rings. The molecule has 0 unspecified atom stereocenters. The van der Waals surface area contributed by atoms with Crippen LogP contribution in [-0.2, 0) is 12.7 Å². The van der Waals surface area contributed by atoms with Gasteiger partial charge in [0.2, 0.25) is 0 Å². The fourth-order valence-electron chi connectivity index (χ4n) is 2.73. The Morgan fingerprint density at radius 3 is 2.37 bits per heavy atom. The molecule has 0 bridgehead atoms. The topological polar surface area (TPSA) is 78.9 Å². The Morgan fingerprint density at radius 2 is 1.74 bits per heavy atom. The van der Waals surface area contributed by atoms with Crippen LogP contribution in [0.5, 0.6) is 5.75 Å². The average molecular weight is 380 g/mol. The second kappa shape index (κ2) is 7.28. The van der Waals surface area contributed by atoms with Crippen molar-refractivity contribution in [3.8, 4) is 5.75 Å². The van der Waals surface area contributed by atoms with Crippen molar-refractivity contribution in [2.45, 2.75) is 12.7 Å². The zero-order chi connectivity index (χ0) is 19.6. The van der Waals surface area contributed by atoms with Crippen molar-refractivity contribution in [1.29, 1.82) is 0 Å². The molecule has 1 heterocycles. The van der Waals surface area contributed by atoms with Crippen molar-refractivity contribution in [1.82, 2.24) is 10.4 Å². The van der Waals surface area contributed by atoms with E-state index >= 15 is 0 Å². The van der Waals surface area contributed by atoms with Gasteiger partial charge in [0.25, 0.3) is 11.8 Å². The van der Waals surface area contributed by atoms with Gasteiger partial charge in [-0.15, -0.1) is 0 Å². The molecule has 142 valence electrons. The molecule has 3 rings (SSSR count). The average Bonchev–Trinajstić information content (AvgIpc) is 2.88. The van der Waals surface area contributed by atoms with Gasteiger partial charge in [-0.1, -0.05) is 6.07 Å². The van der Waals surface area contributed by atoms with E-state index in [9.17, 15) is 22.8 Å². The van der Waals surface area contributed by atoms with Crippen molar-refractivity contribution >= 4 is 11.8 Å². The summed E-state index contributed by atoms with van der Waals surface area (Å²) >= 11 is 0. The summed E-state index contributed by atoms with van der Waals surface area (Å²) in [5, 5.41) is 8.69. The molecule has 0 spiro atoms. The van der Waals surface area contributed by atoms with Crippen molar-refractivity contribution in [3.63, 3.8) is 0 Å². The molecular formula is C18H15F3N2O4. The van der Waals surface area contributed by atoms with Crippen LogP contribution >= 0.6 is 0 Å². The van der Waals surface area contributed by atoms with Crippen molar-refractivity contribution < 1.29 is 32.7 Å². The summed E-state index contributed by atoms with van der Waals surface area (Å²) < 4.78 is 43.5. The van der Waals surface area contributed by atoms with Gasteiger partial charge in [-0.3, -0.25) is 14.8 Å². The van der Waals surface area contributed by atoms with Crippen LogP contribution in [0.15, 0.2) is 42.5 Å². The molecule has 0 aromatic heterocycles. The number of amides is 2. The van der Waals surface area contributed by atoms with E-state index in [0.29, 0.717) is 11.3 Å². The highest BCUT2D eigenvalue weighted by atomic mass is 19.4. The first kappa shape index (κ1) is 18.7. The SMILES string of the molecule is O=C(NO)c1ccc2c(c1)OCCN(C(=O)c1ccc(C(F)(F)F)cc1)C2. The highest BCUT2D eigenvalue weighted by molar-refractivity contribution is 5.95. The molecule has 2 N–H and O–H groups in total. The lowest BCUT2D eigenvalue weighted by Gasteiger charge is -2.20. The number of nitrogens with zero attached hydrogens (tertiary/aromatic N) is 1. The third-order valence-corrected chi connectivity index (χ3v) is 4.16. The van der Waals surface area contributed by atoms with Gasteiger partial charge < -0.3 is 9.64 Å². The summed E-state index contributed by atoms with van der Waals surface area (Å²) in [7, 11) is 0. The Hall–Kier alpha value is -3.07. The fourth-order valence-corrected chi connectivity index (χ4v) is 2.73. The summed E-state index contributed by atoms with van der Waals surface area (Å²) in [6.07, 6.45) is -4.46. The number of hydroxylamine groups is 1. The van der Waals surface area contributed by atoms with Crippen LogP contribution in [0.2, 0.25) is 0 Å². The van der Waals surface area contributed by atoms with Crippen LogP contribution in [0.1, 0.15) is 31.8 Å². The number of hydrogen-bond acceptors (Lipinski definition) is 4. The minimum absolute atomic E-state index is 0.141. The molecule has 0 saturated carbocycles. The Bertz CT molecular complexity index is 866. The largest absolute Gasteiger partial charge is 0.491 e. The quantitative estimate of drug-likeness (QED) is 0.620. The Balaban J connectivity index is 1.80. The Morgan fingerprint density at radius 1 is 1.07 bits per heavy atom. The second-order valence-electron chi connectivity index (χ2n) is 5.91. The number of hydrogen-bond donors (Lipinski definition) is 2. The molecule has 1 aliphatic heterocycles. The number of rotatable bonds is 2. The van der Waals surface area contributed by atoms with E-state index in [1.54, 1.807) is 6.07 Å². The van der Waals surface area contributed by atoms with E-state index in [2.05, 4.69) is 0 Å². The van der Waals surface area contributed by atoms with E-state index in [-0.39, 0.29) is 30.8 Å². The lowest BCUT2D eigenvalue weighted by atomic mass is 10.1. The van der Waals surface area contributed by atoms with Crippen LogP contribution < -0.4 is 10.2 Å². The minimum Gasteiger partial charge on any atom is -0.491 e. The molecular weight excluding hydrogens is 365 g/mol. The highest BCUT2D eigenvalue weighted by Gasteiger charge is 2.30. The number of nitrogens with one attached hydrogen (secondary N) is 1. The first-order valence-electron chi connectivity index (χ1n) is 7.96. The standard InChI is InChI=1S/C18H15F3N2O4/c19-18(20,21)14-5-3-11(4-6-14)17(25)23-7-8-27-15-9-12(16(24)22-26)1-2-13(15)10-23/h1-6,9,26H,7-8,10H2,(H,22,24). The van der Waals surface area contributed by atoms with E-state index in [1.165, 1.54) is 22.5 Å².